The van der Waals surface area contributed by atoms with E-state index in [1.807, 2.05) is 45.0 Å². The van der Waals surface area contributed by atoms with E-state index in [4.69, 9.17) is 0 Å². The lowest BCUT2D eigenvalue weighted by Crippen LogP contribution is -2.27. The molecule has 0 atom stereocenters. The summed E-state index contributed by atoms with van der Waals surface area (Å²) in [6, 6.07) is 9.65. The molecule has 0 saturated carbocycles. The molecule has 180 valence electrons. The van der Waals surface area contributed by atoms with Crippen molar-refractivity contribution < 1.29 is 13.2 Å². The summed E-state index contributed by atoms with van der Waals surface area (Å²) in [5.74, 6) is 0.218. The minimum absolute atomic E-state index is 0.218. The highest BCUT2D eigenvalue weighted by atomic mass is 19.4. The van der Waals surface area contributed by atoms with E-state index in [9.17, 15) is 13.2 Å². The number of aryl methyl sites for hydroxylation is 3. The van der Waals surface area contributed by atoms with Crippen LogP contribution in [0.15, 0.2) is 30.3 Å². The van der Waals surface area contributed by atoms with E-state index in [-0.39, 0.29) is 5.95 Å². The minimum Gasteiger partial charge on any atom is -0.370 e. The second-order valence-corrected chi connectivity index (χ2v) is 8.87. The first-order valence-electron chi connectivity index (χ1n) is 11.8. The lowest BCUT2D eigenvalue weighted by atomic mass is 10.1. The van der Waals surface area contributed by atoms with Crippen molar-refractivity contribution in [3.63, 3.8) is 0 Å². The lowest BCUT2D eigenvalue weighted by molar-refractivity contribution is -0.139. The molecule has 1 N–H and O–H groups in total. The molecule has 0 bridgehead atoms. The normalized spacial score (nSPS) is 11.9. The summed E-state index contributed by atoms with van der Waals surface area (Å²) in [6.45, 7) is 10.7. The van der Waals surface area contributed by atoms with Crippen molar-refractivity contribution in [3.05, 3.63) is 47.0 Å². The van der Waals surface area contributed by atoms with Crippen LogP contribution in [0.1, 0.15) is 56.2 Å². The van der Waals surface area contributed by atoms with Gasteiger partial charge in [-0.05, 0) is 56.9 Å². The summed E-state index contributed by atoms with van der Waals surface area (Å²) in [6.07, 6.45) is -0.342. The predicted octanol–water partition coefficient (Wildman–Crippen LogP) is 7.67. The van der Waals surface area contributed by atoms with E-state index in [0.29, 0.717) is 11.0 Å². The topological polar surface area (TPSA) is 33.1 Å². The number of imidazole rings is 1. The van der Waals surface area contributed by atoms with Gasteiger partial charge in [0.2, 0.25) is 5.95 Å². The summed E-state index contributed by atoms with van der Waals surface area (Å²) in [7, 11) is 0. The Kier molecular flexibility index (Phi) is 7.92. The molecule has 2 aromatic carbocycles. The van der Waals surface area contributed by atoms with Crippen molar-refractivity contribution in [3.8, 4) is 0 Å². The van der Waals surface area contributed by atoms with Crippen LogP contribution in [0.25, 0.3) is 11.0 Å². The number of anilines is 3. The number of para-hydroxylation sites is 1. The number of hydrogen-bond donors (Lipinski definition) is 1. The van der Waals surface area contributed by atoms with Crippen LogP contribution in [0.4, 0.5) is 30.5 Å². The molecular weight excluding hydrogens is 425 g/mol. The Bertz CT molecular complexity index is 1050. The van der Waals surface area contributed by atoms with Gasteiger partial charge in [-0.3, -0.25) is 4.57 Å². The Hall–Kier alpha value is -2.70. The number of rotatable bonds is 10. The van der Waals surface area contributed by atoms with Crippen molar-refractivity contribution >= 4 is 28.4 Å². The van der Waals surface area contributed by atoms with E-state index in [1.165, 1.54) is 4.57 Å². The third-order valence-corrected chi connectivity index (χ3v) is 5.90. The van der Waals surface area contributed by atoms with Gasteiger partial charge in [-0.25, -0.2) is 4.98 Å². The van der Waals surface area contributed by atoms with E-state index >= 15 is 0 Å². The second-order valence-electron chi connectivity index (χ2n) is 8.87. The highest BCUT2D eigenvalue weighted by Gasteiger charge is 2.31. The van der Waals surface area contributed by atoms with E-state index in [1.54, 1.807) is 6.07 Å². The van der Waals surface area contributed by atoms with Crippen LogP contribution in [-0.2, 0) is 6.54 Å². The maximum atomic E-state index is 13.7. The SMILES string of the molecule is CCCCN(CCCC)c1cccc2nc(Nc3c(C)cc(C)cc3C)n(CC(F)(F)F)c12. The fourth-order valence-electron chi connectivity index (χ4n) is 4.39. The first-order valence-corrected chi connectivity index (χ1v) is 11.8. The van der Waals surface area contributed by atoms with Gasteiger partial charge in [0.05, 0.1) is 16.7 Å². The Balaban J connectivity index is 2.17. The fourth-order valence-corrected chi connectivity index (χ4v) is 4.39. The number of halogens is 3. The molecular formula is C26H35F3N4. The van der Waals surface area contributed by atoms with Gasteiger partial charge in [0, 0.05) is 18.8 Å². The zero-order valence-corrected chi connectivity index (χ0v) is 20.3. The highest BCUT2D eigenvalue weighted by Crippen LogP contribution is 2.35. The zero-order chi connectivity index (χ0) is 24.2. The van der Waals surface area contributed by atoms with Crippen molar-refractivity contribution in [2.24, 2.45) is 0 Å². The highest BCUT2D eigenvalue weighted by molar-refractivity contribution is 5.92. The standard InChI is InChI=1S/C26H35F3N4/c1-6-8-13-32(14-9-7-2)22-12-10-11-21-24(22)33(17-26(27,28)29)25(30-21)31-23-19(4)15-18(3)16-20(23)5/h10-12,15-16H,6-9,13-14,17H2,1-5H3,(H,30,31). The van der Waals surface area contributed by atoms with Crippen LogP contribution in [0, 0.1) is 20.8 Å². The van der Waals surface area contributed by atoms with Gasteiger partial charge in [-0.2, -0.15) is 13.2 Å². The predicted molar refractivity (Wildman–Crippen MR) is 132 cm³/mol. The van der Waals surface area contributed by atoms with Gasteiger partial charge >= 0.3 is 6.18 Å². The zero-order valence-electron chi connectivity index (χ0n) is 20.3. The molecule has 3 rings (SSSR count). The quantitative estimate of drug-likeness (QED) is 0.337. The number of nitrogens with zero attached hydrogens (tertiary/aromatic N) is 3. The first kappa shape index (κ1) is 24.9. The van der Waals surface area contributed by atoms with Gasteiger partial charge < -0.3 is 10.2 Å². The molecule has 0 saturated heterocycles. The number of unbranched alkanes of at least 4 members (excludes halogenated alkanes) is 2. The average Bonchev–Trinajstić information content (AvgIpc) is 3.06. The molecule has 0 amide bonds. The molecule has 0 spiro atoms. The maximum Gasteiger partial charge on any atom is 0.406 e. The number of alkyl halides is 3. The first-order chi connectivity index (χ1) is 15.6. The van der Waals surface area contributed by atoms with Gasteiger partial charge in [0.25, 0.3) is 0 Å². The van der Waals surface area contributed by atoms with E-state index in [2.05, 4.69) is 29.0 Å². The van der Waals surface area contributed by atoms with Crippen LogP contribution < -0.4 is 10.2 Å². The largest absolute Gasteiger partial charge is 0.406 e. The molecule has 3 aromatic rings. The van der Waals surface area contributed by atoms with Gasteiger partial charge in [-0.1, -0.05) is 50.5 Å². The average molecular weight is 461 g/mol. The maximum absolute atomic E-state index is 13.7. The molecule has 33 heavy (non-hydrogen) atoms. The van der Waals surface area contributed by atoms with Crippen LogP contribution >= 0.6 is 0 Å². The number of aromatic nitrogens is 2. The summed E-state index contributed by atoms with van der Waals surface area (Å²) >= 11 is 0. The monoisotopic (exact) mass is 460 g/mol. The molecule has 4 nitrogen and oxygen atoms in total. The summed E-state index contributed by atoms with van der Waals surface area (Å²) in [4.78, 5) is 6.84. The third-order valence-electron chi connectivity index (χ3n) is 5.90. The van der Waals surface area contributed by atoms with Gasteiger partial charge in [0.15, 0.2) is 0 Å². The smallest absolute Gasteiger partial charge is 0.370 e. The molecule has 0 unspecified atom stereocenters. The molecule has 0 radical (unpaired) electrons. The molecule has 0 fully saturated rings. The van der Waals surface area contributed by atoms with Crippen molar-refractivity contribution in [1.29, 1.82) is 0 Å². The van der Waals surface area contributed by atoms with Crippen LogP contribution in [0.5, 0.6) is 0 Å². The molecule has 0 aliphatic carbocycles. The Morgan fingerprint density at radius 2 is 1.58 bits per heavy atom. The Morgan fingerprint density at radius 1 is 0.970 bits per heavy atom. The van der Waals surface area contributed by atoms with Crippen LogP contribution in [-0.4, -0.2) is 28.8 Å². The van der Waals surface area contributed by atoms with Crippen LogP contribution in [0.3, 0.4) is 0 Å². The van der Waals surface area contributed by atoms with Gasteiger partial charge in [0.1, 0.15) is 6.54 Å². The molecule has 0 aliphatic rings. The second kappa shape index (κ2) is 10.5. The van der Waals surface area contributed by atoms with E-state index in [0.717, 1.165) is 66.8 Å². The summed E-state index contributed by atoms with van der Waals surface area (Å²) in [5, 5.41) is 3.23. The summed E-state index contributed by atoms with van der Waals surface area (Å²) in [5.41, 5.74) is 5.79. The number of benzene rings is 2. The number of hydrogen-bond acceptors (Lipinski definition) is 3. The molecule has 0 aliphatic heterocycles. The number of nitrogens with one attached hydrogen (secondary N) is 1. The molecule has 1 heterocycles. The van der Waals surface area contributed by atoms with E-state index < -0.39 is 12.7 Å². The summed E-state index contributed by atoms with van der Waals surface area (Å²) < 4.78 is 42.5. The Morgan fingerprint density at radius 3 is 2.12 bits per heavy atom. The third kappa shape index (κ3) is 6.01. The fraction of sp³-hybridized carbons (Fsp3) is 0.500. The van der Waals surface area contributed by atoms with Crippen molar-refractivity contribution in [1.82, 2.24) is 9.55 Å². The minimum atomic E-state index is -4.37. The van der Waals surface area contributed by atoms with Crippen molar-refractivity contribution in [2.75, 3.05) is 23.3 Å². The molecule has 1 aromatic heterocycles. The van der Waals surface area contributed by atoms with Crippen molar-refractivity contribution in [2.45, 2.75) is 73.0 Å². The Labute approximate surface area is 194 Å². The lowest BCUT2D eigenvalue weighted by Gasteiger charge is -2.26. The molecule has 7 heteroatoms. The van der Waals surface area contributed by atoms with Gasteiger partial charge in [-0.15, -0.1) is 0 Å². The number of fused-ring (bicyclic) bond motifs is 1. The van der Waals surface area contributed by atoms with Crippen LogP contribution in [0.2, 0.25) is 0 Å².